The summed E-state index contributed by atoms with van der Waals surface area (Å²) >= 11 is 0. The molecule has 2 aromatic rings. The number of aliphatic carboxylic acids is 1. The van der Waals surface area contributed by atoms with Crippen LogP contribution in [0.2, 0.25) is 0 Å². The number of carboxylic acids is 1. The average Bonchev–Trinajstić information content (AvgIpc) is 3.17. The zero-order valence-electron chi connectivity index (χ0n) is 20.3. The fourth-order valence-corrected chi connectivity index (χ4v) is 4.47. The quantitative estimate of drug-likeness (QED) is 0.396. The Hall–Kier alpha value is -3.39. The largest absolute Gasteiger partial charge is 0.481 e. The Labute approximate surface area is 206 Å². The van der Waals surface area contributed by atoms with Crippen molar-refractivity contribution in [3.8, 4) is 11.1 Å². The second-order valence-electron chi connectivity index (χ2n) is 8.77. The summed E-state index contributed by atoms with van der Waals surface area (Å²) in [4.78, 5) is 35.9. The van der Waals surface area contributed by atoms with Gasteiger partial charge in [-0.25, -0.2) is 4.79 Å². The molecule has 2 atom stereocenters. The first-order chi connectivity index (χ1) is 16.9. The molecule has 1 aliphatic rings. The van der Waals surface area contributed by atoms with E-state index in [4.69, 9.17) is 14.6 Å². The highest BCUT2D eigenvalue weighted by Crippen LogP contribution is 2.44. The molecule has 0 spiro atoms. The lowest BCUT2D eigenvalue weighted by atomic mass is 9.98. The highest BCUT2D eigenvalue weighted by Gasteiger charge is 2.29. The van der Waals surface area contributed by atoms with Crippen LogP contribution in [0.5, 0.6) is 0 Å². The van der Waals surface area contributed by atoms with Crippen molar-refractivity contribution < 1.29 is 29.0 Å². The number of hydrogen-bond donors (Lipinski definition) is 3. The number of fused-ring (bicyclic) bond motifs is 3. The zero-order chi connectivity index (χ0) is 25.2. The number of alkyl carbamates (subject to hydrolysis) is 1. The third-order valence-corrected chi connectivity index (χ3v) is 6.26. The lowest BCUT2D eigenvalue weighted by Crippen LogP contribution is -2.41. The Morgan fingerprint density at radius 2 is 1.63 bits per heavy atom. The van der Waals surface area contributed by atoms with Crippen molar-refractivity contribution in [1.29, 1.82) is 0 Å². The zero-order valence-corrected chi connectivity index (χ0v) is 20.3. The molecule has 0 heterocycles. The van der Waals surface area contributed by atoms with E-state index in [9.17, 15) is 14.4 Å². The Kier molecular flexibility index (Phi) is 9.66. The van der Waals surface area contributed by atoms with E-state index in [0.29, 0.717) is 6.42 Å². The van der Waals surface area contributed by atoms with Crippen LogP contribution >= 0.6 is 0 Å². The molecule has 0 bridgehead atoms. The van der Waals surface area contributed by atoms with E-state index in [1.54, 1.807) is 0 Å². The van der Waals surface area contributed by atoms with Gasteiger partial charge >= 0.3 is 12.1 Å². The number of amides is 2. The monoisotopic (exact) mass is 482 g/mol. The van der Waals surface area contributed by atoms with Crippen molar-refractivity contribution in [2.45, 2.75) is 57.1 Å². The van der Waals surface area contributed by atoms with Crippen LogP contribution in [0.15, 0.2) is 48.5 Å². The number of ether oxygens (including phenoxy) is 2. The molecular formula is C27H34N2O6. The van der Waals surface area contributed by atoms with Gasteiger partial charge < -0.3 is 25.2 Å². The Morgan fingerprint density at radius 1 is 1.00 bits per heavy atom. The summed E-state index contributed by atoms with van der Waals surface area (Å²) in [7, 11) is 1.46. The van der Waals surface area contributed by atoms with Gasteiger partial charge in [-0.15, -0.1) is 0 Å². The predicted octanol–water partition coefficient (Wildman–Crippen LogP) is 4.08. The molecule has 2 aromatic carbocycles. The average molecular weight is 483 g/mol. The molecule has 3 rings (SSSR count). The smallest absolute Gasteiger partial charge is 0.407 e. The molecule has 1 aliphatic carbocycles. The standard InChI is InChI=1S/C27H34N2O6/c1-3-4-9-18(14-26(31)32)29-25(30)15-19(34-2)16-28-27(33)35-17-24-22-12-7-5-10-20(22)21-11-6-8-13-23(21)24/h5-8,10-13,18-19,24H,3-4,9,14-17H2,1-2H3,(H,28,33)(H,29,30)(H,31,32). The highest BCUT2D eigenvalue weighted by atomic mass is 16.5. The summed E-state index contributed by atoms with van der Waals surface area (Å²) in [6.07, 6.45) is 1.08. The van der Waals surface area contributed by atoms with E-state index < -0.39 is 24.2 Å². The molecule has 2 amide bonds. The minimum Gasteiger partial charge on any atom is -0.481 e. The number of nitrogens with one attached hydrogen (secondary N) is 2. The minimum absolute atomic E-state index is 0.00238. The fraction of sp³-hybridized carbons (Fsp3) is 0.444. The van der Waals surface area contributed by atoms with Crippen LogP contribution in [0.4, 0.5) is 4.79 Å². The Bertz CT molecular complexity index is 979. The Morgan fingerprint density at radius 3 is 2.20 bits per heavy atom. The second-order valence-corrected chi connectivity index (χ2v) is 8.77. The van der Waals surface area contributed by atoms with Gasteiger partial charge in [0.05, 0.1) is 18.9 Å². The summed E-state index contributed by atoms with van der Waals surface area (Å²) in [5.41, 5.74) is 4.57. The molecule has 8 nitrogen and oxygen atoms in total. The van der Waals surface area contributed by atoms with Crippen molar-refractivity contribution in [1.82, 2.24) is 10.6 Å². The fourth-order valence-electron chi connectivity index (χ4n) is 4.47. The van der Waals surface area contributed by atoms with Crippen LogP contribution in [-0.2, 0) is 19.1 Å². The number of methoxy groups -OCH3 is 1. The SMILES string of the molecule is CCCCC(CC(=O)O)NC(=O)CC(CNC(=O)OCC1c2ccccc2-c2ccccc21)OC. The number of carboxylic acid groups (broad SMARTS) is 1. The molecule has 0 aromatic heterocycles. The third kappa shape index (κ3) is 7.29. The van der Waals surface area contributed by atoms with Crippen LogP contribution in [0, 0.1) is 0 Å². The predicted molar refractivity (Wildman–Crippen MR) is 132 cm³/mol. The van der Waals surface area contributed by atoms with Crippen LogP contribution < -0.4 is 10.6 Å². The Balaban J connectivity index is 1.48. The van der Waals surface area contributed by atoms with Gasteiger partial charge in [-0.05, 0) is 28.7 Å². The van der Waals surface area contributed by atoms with Crippen molar-refractivity contribution in [2.24, 2.45) is 0 Å². The first kappa shape index (κ1) is 26.2. The summed E-state index contributed by atoms with van der Waals surface area (Å²) in [5, 5.41) is 14.5. The molecule has 0 saturated carbocycles. The maximum absolute atomic E-state index is 12.4. The lowest BCUT2D eigenvalue weighted by molar-refractivity contribution is -0.137. The van der Waals surface area contributed by atoms with Crippen LogP contribution in [0.1, 0.15) is 56.1 Å². The van der Waals surface area contributed by atoms with E-state index in [1.165, 1.54) is 7.11 Å². The van der Waals surface area contributed by atoms with Gasteiger partial charge in [-0.2, -0.15) is 0 Å². The summed E-state index contributed by atoms with van der Waals surface area (Å²) < 4.78 is 10.9. The summed E-state index contributed by atoms with van der Waals surface area (Å²) in [5.74, 6) is -1.30. The van der Waals surface area contributed by atoms with Crippen LogP contribution in [0.25, 0.3) is 11.1 Å². The third-order valence-electron chi connectivity index (χ3n) is 6.26. The number of benzene rings is 2. The highest BCUT2D eigenvalue weighted by molar-refractivity contribution is 5.79. The maximum Gasteiger partial charge on any atom is 0.407 e. The lowest BCUT2D eigenvalue weighted by Gasteiger charge is -2.20. The summed E-state index contributed by atoms with van der Waals surface area (Å²) in [6, 6.07) is 15.8. The molecule has 0 saturated heterocycles. The molecule has 2 unspecified atom stereocenters. The van der Waals surface area contributed by atoms with Crippen molar-refractivity contribution >= 4 is 18.0 Å². The first-order valence-corrected chi connectivity index (χ1v) is 12.1. The summed E-state index contributed by atoms with van der Waals surface area (Å²) in [6.45, 7) is 2.31. The van der Waals surface area contributed by atoms with E-state index in [1.807, 2.05) is 31.2 Å². The van der Waals surface area contributed by atoms with Crippen molar-refractivity contribution in [3.05, 3.63) is 59.7 Å². The molecule has 0 aliphatic heterocycles. The van der Waals surface area contributed by atoms with Gasteiger partial charge in [0, 0.05) is 25.6 Å². The maximum atomic E-state index is 12.4. The molecule has 8 heteroatoms. The van der Waals surface area contributed by atoms with Crippen molar-refractivity contribution in [2.75, 3.05) is 20.3 Å². The second kappa shape index (κ2) is 12.9. The van der Waals surface area contributed by atoms with Gasteiger partial charge in [0.25, 0.3) is 0 Å². The molecule has 3 N–H and O–H groups in total. The first-order valence-electron chi connectivity index (χ1n) is 12.1. The van der Waals surface area contributed by atoms with Crippen LogP contribution in [-0.4, -0.2) is 55.5 Å². The van der Waals surface area contributed by atoms with E-state index >= 15 is 0 Å². The number of rotatable bonds is 13. The van der Waals surface area contributed by atoms with Gasteiger partial charge in [-0.1, -0.05) is 68.3 Å². The minimum atomic E-state index is -0.952. The van der Waals surface area contributed by atoms with Crippen molar-refractivity contribution in [3.63, 3.8) is 0 Å². The molecule has 0 fully saturated rings. The van der Waals surface area contributed by atoms with E-state index in [-0.39, 0.29) is 37.8 Å². The topological polar surface area (TPSA) is 114 Å². The molecule has 0 radical (unpaired) electrons. The number of carbonyl (C=O) groups excluding carboxylic acids is 2. The normalized spacial score (nSPS) is 13.9. The van der Waals surface area contributed by atoms with Gasteiger partial charge in [0.15, 0.2) is 0 Å². The number of unbranched alkanes of at least 4 members (excludes halogenated alkanes) is 1. The molecule has 35 heavy (non-hydrogen) atoms. The van der Waals surface area contributed by atoms with Crippen LogP contribution in [0.3, 0.4) is 0 Å². The van der Waals surface area contributed by atoms with E-state index in [0.717, 1.165) is 35.1 Å². The van der Waals surface area contributed by atoms with Gasteiger partial charge in [0.1, 0.15) is 6.61 Å². The van der Waals surface area contributed by atoms with Gasteiger partial charge in [-0.3, -0.25) is 9.59 Å². The number of hydrogen-bond acceptors (Lipinski definition) is 5. The van der Waals surface area contributed by atoms with Gasteiger partial charge in [0.2, 0.25) is 5.91 Å². The number of carbonyl (C=O) groups is 3. The van der Waals surface area contributed by atoms with E-state index in [2.05, 4.69) is 34.9 Å². The molecular weight excluding hydrogens is 448 g/mol. The molecule has 188 valence electrons.